The van der Waals surface area contributed by atoms with Crippen molar-refractivity contribution in [3.63, 3.8) is 0 Å². The highest BCUT2D eigenvalue weighted by Crippen LogP contribution is 2.34. The van der Waals surface area contributed by atoms with Crippen LogP contribution in [-0.4, -0.2) is 5.25 Å². The monoisotopic (exact) mass is 301 g/mol. The van der Waals surface area contributed by atoms with Crippen LogP contribution in [0.3, 0.4) is 0 Å². The Bertz CT molecular complexity index is 426. The summed E-state index contributed by atoms with van der Waals surface area (Å²) in [4.78, 5) is 0.590. The molecule has 1 aromatic rings. The lowest BCUT2D eigenvalue weighted by molar-refractivity contribution is 0.590. The Hall–Kier alpha value is -0.530. The second kappa shape index (κ2) is 5.70. The summed E-state index contributed by atoms with van der Waals surface area (Å²) in [6, 6.07) is 5.25. The maximum atomic E-state index is 13.9. The Balaban J connectivity index is 3.00. The van der Waals surface area contributed by atoms with E-state index in [1.165, 1.54) is 11.8 Å². The van der Waals surface area contributed by atoms with Gasteiger partial charge in [-0.2, -0.15) is 5.26 Å². The van der Waals surface area contributed by atoms with Crippen molar-refractivity contribution in [1.82, 2.24) is 0 Å². The van der Waals surface area contributed by atoms with Crippen molar-refractivity contribution in [3.8, 4) is 6.07 Å². The molecular weight excluding hydrogens is 289 g/mol. The van der Waals surface area contributed by atoms with Crippen LogP contribution in [0, 0.1) is 23.1 Å². The number of nitrogens with zero attached hydrogens (tertiary/aromatic N) is 1. The molecule has 0 saturated heterocycles. The Morgan fingerprint density at radius 1 is 1.38 bits per heavy atom. The fourth-order valence-electron chi connectivity index (χ4n) is 1.05. The van der Waals surface area contributed by atoms with Gasteiger partial charge in [-0.15, -0.1) is 11.8 Å². The van der Waals surface area contributed by atoms with Crippen molar-refractivity contribution in [2.24, 2.45) is 5.92 Å². The minimum absolute atomic E-state index is 0.260. The second-order valence-electron chi connectivity index (χ2n) is 3.92. The van der Waals surface area contributed by atoms with Crippen LogP contribution in [0.25, 0.3) is 0 Å². The Kier molecular flexibility index (Phi) is 4.82. The molecule has 0 fully saturated rings. The van der Waals surface area contributed by atoms with Gasteiger partial charge in [0.2, 0.25) is 0 Å². The van der Waals surface area contributed by atoms with Gasteiger partial charge in [-0.3, -0.25) is 0 Å². The van der Waals surface area contributed by atoms with E-state index in [2.05, 4.69) is 36.7 Å². The molecule has 0 aliphatic carbocycles. The van der Waals surface area contributed by atoms with Crippen molar-refractivity contribution in [2.45, 2.75) is 30.9 Å². The third-order valence-electron chi connectivity index (χ3n) is 2.42. The van der Waals surface area contributed by atoms with E-state index in [1.54, 1.807) is 12.1 Å². The second-order valence-corrected chi connectivity index (χ2v) is 6.13. The van der Waals surface area contributed by atoms with Crippen LogP contribution in [0.5, 0.6) is 0 Å². The molecule has 0 amide bonds. The normalized spacial score (nSPS) is 12.6. The van der Waals surface area contributed by atoms with Crippen LogP contribution in [0.2, 0.25) is 0 Å². The van der Waals surface area contributed by atoms with Gasteiger partial charge in [0.15, 0.2) is 5.82 Å². The van der Waals surface area contributed by atoms with Gasteiger partial charge in [0, 0.05) is 10.1 Å². The molecule has 4 heteroatoms. The largest absolute Gasteiger partial charge is 0.204 e. The zero-order chi connectivity index (χ0) is 12.3. The molecule has 0 bridgehead atoms. The molecule has 0 radical (unpaired) electrons. The summed E-state index contributed by atoms with van der Waals surface area (Å²) in [5, 5.41) is 9.09. The molecule has 1 aromatic carbocycles. The quantitative estimate of drug-likeness (QED) is 0.762. The van der Waals surface area contributed by atoms with Crippen LogP contribution in [-0.2, 0) is 0 Å². The first-order valence-electron chi connectivity index (χ1n) is 5.02. The molecule has 0 aliphatic rings. The molecule has 1 atom stereocenters. The predicted octanol–water partition coefficient (Wildman–Crippen LogP) is 4.60. The molecule has 0 saturated carbocycles. The van der Waals surface area contributed by atoms with Crippen molar-refractivity contribution >= 4 is 27.7 Å². The van der Waals surface area contributed by atoms with Gasteiger partial charge in [0.25, 0.3) is 0 Å². The average Bonchev–Trinajstić information content (AvgIpc) is 2.25. The number of halogens is 2. The van der Waals surface area contributed by atoms with E-state index in [-0.39, 0.29) is 10.3 Å². The maximum absolute atomic E-state index is 13.9. The molecule has 1 unspecified atom stereocenters. The van der Waals surface area contributed by atoms with Crippen LogP contribution in [0.4, 0.5) is 4.39 Å². The number of thioether (sulfide) groups is 1. The van der Waals surface area contributed by atoms with E-state index in [4.69, 9.17) is 5.26 Å². The highest BCUT2D eigenvalue weighted by atomic mass is 79.9. The molecule has 1 nitrogen and oxygen atoms in total. The first-order valence-corrected chi connectivity index (χ1v) is 6.69. The minimum Gasteiger partial charge on any atom is -0.204 e. The summed E-state index contributed by atoms with van der Waals surface area (Å²) in [5.74, 6) is 0.148. The summed E-state index contributed by atoms with van der Waals surface area (Å²) in [7, 11) is 0. The fraction of sp³-hybridized carbons (Fsp3) is 0.417. The molecule has 0 heterocycles. The van der Waals surface area contributed by atoms with Gasteiger partial charge in [0.05, 0.1) is 10.0 Å². The van der Waals surface area contributed by atoms with Gasteiger partial charge < -0.3 is 0 Å². The SMILES string of the molecule is CC(C)C(C)Sc1ccc(C#N)c(Br)c1F. The first-order chi connectivity index (χ1) is 7.47. The smallest absolute Gasteiger partial charge is 0.152 e. The van der Waals surface area contributed by atoms with E-state index in [9.17, 15) is 4.39 Å². The highest BCUT2D eigenvalue weighted by Gasteiger charge is 2.15. The van der Waals surface area contributed by atoms with E-state index in [0.29, 0.717) is 21.6 Å². The molecule has 1 rings (SSSR count). The van der Waals surface area contributed by atoms with Gasteiger partial charge in [-0.25, -0.2) is 4.39 Å². The average molecular weight is 302 g/mol. The van der Waals surface area contributed by atoms with Gasteiger partial charge >= 0.3 is 0 Å². The Labute approximate surface area is 108 Å². The van der Waals surface area contributed by atoms with Crippen molar-refractivity contribution in [1.29, 1.82) is 5.26 Å². The van der Waals surface area contributed by atoms with Gasteiger partial charge in [-0.1, -0.05) is 20.8 Å². The van der Waals surface area contributed by atoms with E-state index >= 15 is 0 Å². The zero-order valence-electron chi connectivity index (χ0n) is 9.42. The third kappa shape index (κ3) is 2.99. The molecule has 16 heavy (non-hydrogen) atoms. The van der Waals surface area contributed by atoms with Crippen LogP contribution in [0.1, 0.15) is 26.3 Å². The zero-order valence-corrected chi connectivity index (χ0v) is 11.8. The number of nitriles is 1. The minimum atomic E-state index is -0.337. The number of benzene rings is 1. The number of hydrogen-bond acceptors (Lipinski definition) is 2. The molecule has 0 aliphatic heterocycles. The number of rotatable bonds is 3. The van der Waals surface area contributed by atoms with Crippen molar-refractivity contribution in [3.05, 3.63) is 28.0 Å². The maximum Gasteiger partial charge on any atom is 0.152 e. The Morgan fingerprint density at radius 2 is 2.00 bits per heavy atom. The lowest BCUT2D eigenvalue weighted by Gasteiger charge is -2.15. The molecule has 0 spiro atoms. The molecule has 0 aromatic heterocycles. The molecule has 86 valence electrons. The number of hydrogen-bond donors (Lipinski definition) is 0. The Morgan fingerprint density at radius 3 is 2.50 bits per heavy atom. The lowest BCUT2D eigenvalue weighted by atomic mass is 10.2. The third-order valence-corrected chi connectivity index (χ3v) is 4.68. The van der Waals surface area contributed by atoms with Crippen molar-refractivity contribution < 1.29 is 4.39 Å². The fourth-order valence-corrected chi connectivity index (χ4v) is 2.64. The van der Waals surface area contributed by atoms with Crippen LogP contribution >= 0.6 is 27.7 Å². The summed E-state index contributed by atoms with van der Waals surface area (Å²) in [6.07, 6.45) is 0. The molecular formula is C12H13BrFNS. The van der Waals surface area contributed by atoms with E-state index in [0.717, 1.165) is 0 Å². The molecule has 0 N–H and O–H groups in total. The predicted molar refractivity (Wildman–Crippen MR) is 69.0 cm³/mol. The first kappa shape index (κ1) is 13.5. The standard InChI is InChI=1S/C12H13BrFNS/c1-7(2)8(3)16-10-5-4-9(6-15)11(13)12(10)14/h4-5,7-8H,1-3H3. The van der Waals surface area contributed by atoms with E-state index < -0.39 is 0 Å². The van der Waals surface area contributed by atoms with Crippen LogP contribution in [0.15, 0.2) is 21.5 Å². The summed E-state index contributed by atoms with van der Waals surface area (Å²) in [5.41, 5.74) is 0.332. The highest BCUT2D eigenvalue weighted by molar-refractivity contribution is 9.10. The van der Waals surface area contributed by atoms with Crippen LogP contribution < -0.4 is 0 Å². The van der Waals surface area contributed by atoms with Gasteiger partial charge in [-0.05, 0) is 34.0 Å². The topological polar surface area (TPSA) is 23.8 Å². The van der Waals surface area contributed by atoms with E-state index in [1.807, 2.05) is 6.07 Å². The lowest BCUT2D eigenvalue weighted by Crippen LogP contribution is -2.06. The summed E-state index contributed by atoms with van der Waals surface area (Å²) >= 11 is 4.60. The van der Waals surface area contributed by atoms with Crippen molar-refractivity contribution in [2.75, 3.05) is 0 Å². The summed E-state index contributed by atoms with van der Waals surface area (Å²) < 4.78 is 14.1. The summed E-state index contributed by atoms with van der Waals surface area (Å²) in [6.45, 7) is 6.28. The van der Waals surface area contributed by atoms with Gasteiger partial charge in [0.1, 0.15) is 6.07 Å².